The number of benzene rings is 1. The van der Waals surface area contributed by atoms with Crippen molar-refractivity contribution in [3.8, 4) is 17.1 Å². The first-order valence-corrected chi connectivity index (χ1v) is 9.48. The van der Waals surface area contributed by atoms with Crippen LogP contribution in [0.15, 0.2) is 56.7 Å². The van der Waals surface area contributed by atoms with Crippen molar-refractivity contribution in [2.75, 3.05) is 11.6 Å². The summed E-state index contributed by atoms with van der Waals surface area (Å²) in [5, 5.41) is 12.4. The first-order chi connectivity index (χ1) is 12.2. The van der Waals surface area contributed by atoms with Gasteiger partial charge in [0.2, 0.25) is 11.0 Å². The van der Waals surface area contributed by atoms with Crippen LogP contribution in [0.5, 0.6) is 5.88 Å². The topological polar surface area (TPSA) is 73.1 Å². The average Bonchev–Trinajstić information content (AvgIpc) is 3.09. The molecule has 1 aliphatic heterocycles. The number of halogens is 1. The van der Waals surface area contributed by atoms with Crippen LogP contribution in [0.25, 0.3) is 17.3 Å². The van der Waals surface area contributed by atoms with E-state index in [-0.39, 0.29) is 0 Å². The second-order valence-corrected chi connectivity index (χ2v) is 6.89. The number of nitrogens with one attached hydrogen (secondary N) is 1. The summed E-state index contributed by atoms with van der Waals surface area (Å²) in [5.41, 5.74) is 2.38. The lowest BCUT2D eigenvalue weighted by Crippen LogP contribution is -2.23. The number of fused-ring (bicyclic) bond motifs is 3. The molecule has 4 rings (SSSR count). The third-order valence-electron chi connectivity index (χ3n) is 3.57. The second kappa shape index (κ2) is 6.89. The Labute approximate surface area is 156 Å². The fourth-order valence-corrected chi connectivity index (χ4v) is 3.09. The third-order valence-corrected chi connectivity index (χ3v) is 4.60. The summed E-state index contributed by atoms with van der Waals surface area (Å²) in [6, 6.07) is 9.61. The van der Waals surface area contributed by atoms with Gasteiger partial charge in [-0.1, -0.05) is 27.7 Å². The molecular weight excluding hydrogens is 404 g/mol. The number of anilines is 1. The van der Waals surface area contributed by atoms with E-state index < -0.39 is 6.23 Å². The Morgan fingerprint density at radius 1 is 1.28 bits per heavy atom. The minimum Gasteiger partial charge on any atom is -0.465 e. The van der Waals surface area contributed by atoms with Crippen LogP contribution in [0.1, 0.15) is 5.76 Å². The molecule has 0 saturated carbocycles. The molecule has 1 atom stereocenters. The molecule has 0 bridgehead atoms. The number of thioether (sulfide) groups is 1. The molecule has 2 aromatic heterocycles. The van der Waals surface area contributed by atoms with Crippen LogP contribution in [0.4, 0.5) is 5.69 Å². The van der Waals surface area contributed by atoms with Gasteiger partial charge < -0.3 is 14.5 Å². The number of hydrogen-bond acceptors (Lipinski definition) is 7. The summed E-state index contributed by atoms with van der Waals surface area (Å²) in [5.74, 6) is 1.19. The zero-order valence-electron chi connectivity index (χ0n) is 13.1. The highest BCUT2D eigenvalue weighted by molar-refractivity contribution is 9.10. The van der Waals surface area contributed by atoms with Crippen molar-refractivity contribution in [1.82, 2.24) is 15.2 Å². The molecule has 8 heteroatoms. The lowest BCUT2D eigenvalue weighted by molar-refractivity contribution is 0.266. The van der Waals surface area contributed by atoms with E-state index in [9.17, 15) is 0 Å². The van der Waals surface area contributed by atoms with Crippen LogP contribution in [-0.2, 0) is 0 Å². The van der Waals surface area contributed by atoms with E-state index in [1.54, 1.807) is 6.26 Å². The van der Waals surface area contributed by atoms with Crippen molar-refractivity contribution in [2.24, 2.45) is 0 Å². The molecule has 3 heterocycles. The van der Waals surface area contributed by atoms with E-state index in [1.165, 1.54) is 11.8 Å². The highest BCUT2D eigenvalue weighted by Gasteiger charge is 2.24. The van der Waals surface area contributed by atoms with Crippen molar-refractivity contribution in [1.29, 1.82) is 0 Å². The highest BCUT2D eigenvalue weighted by atomic mass is 79.9. The largest absolute Gasteiger partial charge is 0.465 e. The molecule has 0 aliphatic carbocycles. The maximum Gasteiger partial charge on any atom is 0.247 e. The Hall–Kier alpha value is -2.32. The summed E-state index contributed by atoms with van der Waals surface area (Å²) < 4.78 is 12.3. The lowest BCUT2D eigenvalue weighted by atomic mass is 10.1. The van der Waals surface area contributed by atoms with Gasteiger partial charge in [0.25, 0.3) is 0 Å². The second-order valence-electron chi connectivity index (χ2n) is 5.20. The zero-order chi connectivity index (χ0) is 17.2. The molecule has 25 heavy (non-hydrogen) atoms. The number of furan rings is 1. The Bertz CT molecular complexity index is 930. The molecule has 0 saturated heterocycles. The molecule has 0 unspecified atom stereocenters. The first-order valence-electron chi connectivity index (χ1n) is 7.46. The smallest absolute Gasteiger partial charge is 0.247 e. The summed E-state index contributed by atoms with van der Waals surface area (Å²) in [6.45, 7) is 0. The predicted octanol–water partition coefficient (Wildman–Crippen LogP) is 4.46. The Morgan fingerprint density at radius 3 is 3.00 bits per heavy atom. The van der Waals surface area contributed by atoms with E-state index in [4.69, 9.17) is 9.15 Å². The van der Waals surface area contributed by atoms with Gasteiger partial charge in [-0.3, -0.25) is 0 Å². The van der Waals surface area contributed by atoms with Crippen molar-refractivity contribution < 1.29 is 9.15 Å². The summed E-state index contributed by atoms with van der Waals surface area (Å²) in [6.07, 6.45) is 6.84. The van der Waals surface area contributed by atoms with Crippen LogP contribution in [0, 0.1) is 0 Å². The Balaban J connectivity index is 1.77. The highest BCUT2D eigenvalue weighted by Crippen LogP contribution is 2.38. The van der Waals surface area contributed by atoms with Gasteiger partial charge in [0.05, 0.1) is 6.26 Å². The molecule has 0 amide bonds. The number of ether oxygens (including phenoxy) is 1. The van der Waals surface area contributed by atoms with Gasteiger partial charge in [0, 0.05) is 15.7 Å². The minimum atomic E-state index is -0.419. The molecule has 3 aromatic rings. The summed E-state index contributed by atoms with van der Waals surface area (Å²) >= 11 is 4.92. The van der Waals surface area contributed by atoms with Gasteiger partial charge in [-0.15, -0.1) is 10.2 Å². The Kier molecular flexibility index (Phi) is 4.46. The van der Waals surface area contributed by atoms with E-state index in [0.717, 1.165) is 21.5 Å². The maximum absolute atomic E-state index is 6.04. The molecule has 0 spiro atoms. The molecule has 0 fully saturated rings. The van der Waals surface area contributed by atoms with Crippen molar-refractivity contribution >= 4 is 39.5 Å². The van der Waals surface area contributed by atoms with Crippen LogP contribution >= 0.6 is 27.7 Å². The molecule has 6 nitrogen and oxygen atoms in total. The van der Waals surface area contributed by atoms with Gasteiger partial charge in [0.1, 0.15) is 5.76 Å². The van der Waals surface area contributed by atoms with E-state index >= 15 is 0 Å². The normalized spacial score (nSPS) is 15.8. The van der Waals surface area contributed by atoms with Crippen molar-refractivity contribution in [3.05, 3.63) is 52.9 Å². The van der Waals surface area contributed by atoms with Crippen LogP contribution in [0.3, 0.4) is 0 Å². The van der Waals surface area contributed by atoms with Gasteiger partial charge >= 0.3 is 0 Å². The monoisotopic (exact) mass is 416 g/mol. The standard InChI is InChI=1S/C17H13BrN4O2S/c1-25-17-20-16-15(21-22-17)12-9-10(18)4-6-13(12)19-14(24-16)7-5-11-3-2-8-23-11/h2-9,14,19H,1H3/b7-5+/t14-/m0/s1. The predicted molar refractivity (Wildman–Crippen MR) is 101 cm³/mol. The van der Waals surface area contributed by atoms with E-state index in [0.29, 0.717) is 16.7 Å². The average molecular weight is 417 g/mol. The Morgan fingerprint density at radius 2 is 2.20 bits per heavy atom. The minimum absolute atomic E-state index is 0.419. The molecule has 1 aromatic carbocycles. The maximum atomic E-state index is 6.04. The molecular formula is C17H13BrN4O2S. The number of aromatic nitrogens is 3. The van der Waals surface area contributed by atoms with Crippen molar-refractivity contribution in [2.45, 2.75) is 11.4 Å². The number of rotatable bonds is 3. The van der Waals surface area contributed by atoms with Crippen LogP contribution in [-0.4, -0.2) is 27.7 Å². The van der Waals surface area contributed by atoms with E-state index in [1.807, 2.05) is 48.7 Å². The summed E-state index contributed by atoms with van der Waals surface area (Å²) in [4.78, 5) is 4.47. The fourth-order valence-electron chi connectivity index (χ4n) is 2.43. The quantitative estimate of drug-likeness (QED) is 0.631. The van der Waals surface area contributed by atoms with Crippen LogP contribution < -0.4 is 10.1 Å². The zero-order valence-corrected chi connectivity index (χ0v) is 15.5. The van der Waals surface area contributed by atoms with Crippen LogP contribution in [0.2, 0.25) is 0 Å². The molecule has 0 radical (unpaired) electrons. The number of nitrogens with zero attached hydrogens (tertiary/aromatic N) is 3. The molecule has 126 valence electrons. The number of hydrogen-bond donors (Lipinski definition) is 1. The SMILES string of the molecule is CSc1nnc2c(n1)O[C@@H](/C=C/c1ccco1)Nc1ccc(Br)cc1-2. The van der Waals surface area contributed by atoms with Gasteiger partial charge in [0.15, 0.2) is 11.9 Å². The van der Waals surface area contributed by atoms with Gasteiger partial charge in [-0.2, -0.15) is 4.98 Å². The fraction of sp³-hybridized carbons (Fsp3) is 0.118. The van der Waals surface area contributed by atoms with Gasteiger partial charge in [-0.05, 0) is 48.7 Å². The first kappa shape index (κ1) is 16.2. The van der Waals surface area contributed by atoms with Gasteiger partial charge in [-0.25, -0.2) is 0 Å². The lowest BCUT2D eigenvalue weighted by Gasteiger charge is -2.15. The molecule has 1 N–H and O–H groups in total. The van der Waals surface area contributed by atoms with E-state index in [2.05, 4.69) is 36.4 Å². The summed E-state index contributed by atoms with van der Waals surface area (Å²) in [7, 11) is 0. The third kappa shape index (κ3) is 3.40. The molecule has 1 aliphatic rings. The van der Waals surface area contributed by atoms with Crippen molar-refractivity contribution in [3.63, 3.8) is 0 Å².